The second kappa shape index (κ2) is 5.57. The zero-order valence-electron chi connectivity index (χ0n) is 12.6. The minimum absolute atomic E-state index is 0.154. The number of amides is 4. The molecular weight excluding hydrogens is 296 g/mol. The van der Waals surface area contributed by atoms with Gasteiger partial charge in [0.2, 0.25) is 0 Å². The van der Waals surface area contributed by atoms with E-state index >= 15 is 0 Å². The Morgan fingerprint density at radius 3 is 2.39 bits per heavy atom. The topological polar surface area (TPSA) is 79.6 Å². The number of rotatable bonds is 2. The van der Waals surface area contributed by atoms with Crippen molar-refractivity contribution in [2.24, 2.45) is 0 Å². The molecule has 0 atom stereocenters. The van der Waals surface area contributed by atoms with Crippen LogP contribution in [0.25, 0.3) is 6.08 Å². The van der Waals surface area contributed by atoms with E-state index in [1.54, 1.807) is 24.3 Å². The van der Waals surface area contributed by atoms with Crippen LogP contribution in [0.1, 0.15) is 16.9 Å². The summed E-state index contributed by atoms with van der Waals surface area (Å²) in [6.07, 6.45) is 2.75. The van der Waals surface area contributed by atoms with E-state index < -0.39 is 17.8 Å². The summed E-state index contributed by atoms with van der Waals surface area (Å²) in [5, 5.41) is 2.18. The first-order valence-electron chi connectivity index (χ1n) is 6.99. The highest BCUT2D eigenvalue weighted by Gasteiger charge is 2.37. The van der Waals surface area contributed by atoms with Crippen molar-refractivity contribution in [2.75, 3.05) is 4.90 Å². The van der Waals surface area contributed by atoms with Gasteiger partial charge in [-0.2, -0.15) is 0 Å². The fraction of sp³-hybridized carbons (Fsp3) is 0.118. The Morgan fingerprint density at radius 2 is 1.78 bits per heavy atom. The quantitative estimate of drug-likeness (QED) is 0.683. The molecule has 0 saturated carbocycles. The summed E-state index contributed by atoms with van der Waals surface area (Å²) in [7, 11) is 0. The van der Waals surface area contributed by atoms with E-state index in [1.807, 2.05) is 19.9 Å². The van der Waals surface area contributed by atoms with Gasteiger partial charge in [-0.25, -0.2) is 9.69 Å². The number of furan rings is 1. The molecule has 1 aliphatic heterocycles. The predicted octanol–water partition coefficient (Wildman–Crippen LogP) is 2.56. The lowest BCUT2D eigenvalue weighted by molar-refractivity contribution is -0.122. The number of carbonyl (C=O) groups excluding carboxylic acids is 3. The molecule has 0 radical (unpaired) electrons. The molecule has 1 N–H and O–H groups in total. The van der Waals surface area contributed by atoms with Gasteiger partial charge >= 0.3 is 6.03 Å². The van der Waals surface area contributed by atoms with Crippen LogP contribution in [0.4, 0.5) is 10.5 Å². The molecule has 1 aliphatic rings. The van der Waals surface area contributed by atoms with Crippen LogP contribution >= 0.6 is 0 Å². The number of aryl methyl sites for hydroxylation is 2. The van der Waals surface area contributed by atoms with E-state index in [0.29, 0.717) is 11.4 Å². The third kappa shape index (κ3) is 2.78. The average molecular weight is 310 g/mol. The van der Waals surface area contributed by atoms with Gasteiger partial charge < -0.3 is 4.42 Å². The first-order valence-corrected chi connectivity index (χ1v) is 6.99. The summed E-state index contributed by atoms with van der Waals surface area (Å²) in [5.41, 5.74) is 2.09. The first-order chi connectivity index (χ1) is 11.0. The van der Waals surface area contributed by atoms with Crippen molar-refractivity contribution in [3.63, 3.8) is 0 Å². The lowest BCUT2D eigenvalue weighted by Crippen LogP contribution is -2.54. The number of benzene rings is 1. The van der Waals surface area contributed by atoms with Crippen molar-refractivity contribution in [2.45, 2.75) is 13.8 Å². The van der Waals surface area contributed by atoms with E-state index in [9.17, 15) is 14.4 Å². The Labute approximate surface area is 132 Å². The van der Waals surface area contributed by atoms with Crippen LogP contribution in [0.5, 0.6) is 0 Å². The van der Waals surface area contributed by atoms with Crippen molar-refractivity contribution < 1.29 is 18.8 Å². The molecule has 2 heterocycles. The Balaban J connectivity index is 2.05. The molecule has 0 aliphatic carbocycles. The third-order valence-corrected chi connectivity index (χ3v) is 3.40. The smallest absolute Gasteiger partial charge is 0.335 e. The van der Waals surface area contributed by atoms with E-state index in [2.05, 4.69) is 5.32 Å². The van der Waals surface area contributed by atoms with Crippen molar-refractivity contribution in [3.8, 4) is 0 Å². The molecule has 6 nitrogen and oxygen atoms in total. The molecule has 1 saturated heterocycles. The Bertz CT molecular complexity index is 814. The van der Waals surface area contributed by atoms with Crippen LogP contribution in [-0.2, 0) is 9.59 Å². The van der Waals surface area contributed by atoms with Gasteiger partial charge in [0.15, 0.2) is 0 Å². The number of nitrogens with zero attached hydrogens (tertiary/aromatic N) is 1. The van der Waals surface area contributed by atoms with Crippen LogP contribution in [-0.4, -0.2) is 17.8 Å². The highest BCUT2D eigenvalue weighted by Crippen LogP contribution is 2.24. The number of hydrogen-bond acceptors (Lipinski definition) is 4. The van der Waals surface area contributed by atoms with E-state index in [4.69, 9.17) is 4.42 Å². The normalized spacial score (nSPS) is 16.9. The summed E-state index contributed by atoms with van der Waals surface area (Å²) in [6.45, 7) is 3.74. The molecule has 116 valence electrons. The molecule has 3 rings (SSSR count). The molecule has 2 aromatic rings. The maximum atomic E-state index is 12.6. The highest BCUT2D eigenvalue weighted by molar-refractivity contribution is 6.39. The monoisotopic (exact) mass is 310 g/mol. The van der Waals surface area contributed by atoms with Gasteiger partial charge in [0, 0.05) is 0 Å². The number of carbonyl (C=O) groups is 3. The summed E-state index contributed by atoms with van der Waals surface area (Å²) in [5.74, 6) is -1.06. The van der Waals surface area contributed by atoms with Crippen molar-refractivity contribution in [1.82, 2.24) is 5.32 Å². The molecule has 4 amide bonds. The third-order valence-electron chi connectivity index (χ3n) is 3.40. The van der Waals surface area contributed by atoms with Crippen molar-refractivity contribution >= 4 is 29.6 Å². The molecule has 0 bridgehead atoms. The van der Waals surface area contributed by atoms with Gasteiger partial charge in [-0.05, 0) is 55.3 Å². The van der Waals surface area contributed by atoms with E-state index in [-0.39, 0.29) is 5.57 Å². The molecule has 6 heteroatoms. The van der Waals surface area contributed by atoms with Gasteiger partial charge in [0.25, 0.3) is 11.8 Å². The maximum Gasteiger partial charge on any atom is 0.335 e. The van der Waals surface area contributed by atoms with Crippen LogP contribution in [0, 0.1) is 13.8 Å². The molecule has 0 spiro atoms. The van der Waals surface area contributed by atoms with Crippen LogP contribution < -0.4 is 10.2 Å². The zero-order chi connectivity index (χ0) is 16.6. The first kappa shape index (κ1) is 14.8. The van der Waals surface area contributed by atoms with Crippen LogP contribution in [0.15, 0.2) is 46.6 Å². The fourth-order valence-electron chi connectivity index (χ4n) is 2.49. The average Bonchev–Trinajstić information content (AvgIpc) is 2.95. The minimum Gasteiger partial charge on any atom is -0.465 e. The Kier molecular flexibility index (Phi) is 3.57. The van der Waals surface area contributed by atoms with Gasteiger partial charge in [-0.3, -0.25) is 14.9 Å². The molecule has 1 aromatic heterocycles. The molecule has 0 unspecified atom stereocenters. The maximum absolute atomic E-state index is 12.6. The Hall–Kier alpha value is -3.15. The number of urea groups is 1. The second-order valence-corrected chi connectivity index (χ2v) is 5.32. The van der Waals surface area contributed by atoms with Gasteiger partial charge in [-0.1, -0.05) is 6.07 Å². The summed E-state index contributed by atoms with van der Waals surface area (Å²) >= 11 is 0. The molecular formula is C17H14N2O4. The number of nitrogens with one attached hydrogen (secondary N) is 1. The van der Waals surface area contributed by atoms with E-state index in [0.717, 1.165) is 16.0 Å². The van der Waals surface area contributed by atoms with Crippen LogP contribution in [0.2, 0.25) is 0 Å². The largest absolute Gasteiger partial charge is 0.465 e. The standard InChI is InChI=1S/C17H14N2O4/c1-10-6-11(2)8-12(7-10)19-16(21)14(15(20)18-17(19)22)9-13-4-3-5-23-13/h3-9H,1-2H3,(H,18,20,22)/b14-9-. The summed E-state index contributed by atoms with van der Waals surface area (Å²) < 4.78 is 5.13. The fourth-order valence-corrected chi connectivity index (χ4v) is 2.49. The van der Waals surface area contributed by atoms with Gasteiger partial charge in [-0.15, -0.1) is 0 Å². The second-order valence-electron chi connectivity index (χ2n) is 5.32. The zero-order valence-corrected chi connectivity index (χ0v) is 12.6. The Morgan fingerprint density at radius 1 is 1.09 bits per heavy atom. The molecule has 1 aromatic carbocycles. The predicted molar refractivity (Wildman–Crippen MR) is 83.6 cm³/mol. The SMILES string of the molecule is Cc1cc(C)cc(N2C(=O)NC(=O)/C(=C/c3ccco3)C2=O)c1. The van der Waals surface area contributed by atoms with E-state index in [1.165, 1.54) is 12.3 Å². The highest BCUT2D eigenvalue weighted by atomic mass is 16.3. The molecule has 1 fully saturated rings. The summed E-state index contributed by atoms with van der Waals surface area (Å²) in [6, 6.07) is 7.85. The number of hydrogen-bond donors (Lipinski definition) is 1. The lowest BCUT2D eigenvalue weighted by Gasteiger charge is -2.26. The number of anilines is 1. The van der Waals surface area contributed by atoms with Crippen LogP contribution in [0.3, 0.4) is 0 Å². The van der Waals surface area contributed by atoms with Gasteiger partial charge in [0.05, 0.1) is 12.0 Å². The van der Waals surface area contributed by atoms with Crippen molar-refractivity contribution in [3.05, 3.63) is 59.1 Å². The number of barbiturate groups is 1. The molecule has 23 heavy (non-hydrogen) atoms. The minimum atomic E-state index is -0.762. The van der Waals surface area contributed by atoms with Crippen molar-refractivity contribution in [1.29, 1.82) is 0 Å². The number of imide groups is 2. The van der Waals surface area contributed by atoms with Gasteiger partial charge in [0.1, 0.15) is 11.3 Å². The summed E-state index contributed by atoms with van der Waals surface area (Å²) in [4.78, 5) is 37.7. The lowest BCUT2D eigenvalue weighted by atomic mass is 10.1.